The Morgan fingerprint density at radius 1 is 1.07 bits per heavy atom. The molecule has 2 aromatic carbocycles. The second kappa shape index (κ2) is 9.19. The summed E-state index contributed by atoms with van der Waals surface area (Å²) in [6.45, 7) is 2.03. The molecule has 0 saturated heterocycles. The number of nitrogens with one attached hydrogen (secondary N) is 1. The van der Waals surface area contributed by atoms with Gasteiger partial charge in [0.05, 0.1) is 11.9 Å². The standard InChI is InChI=1S/C21H17BrN6OS/c1-14-2-8-17(9-3-14)28-20(18-12-23-10-11-24-18)26-27-21(28)30-13-19(29)25-16-6-4-15(22)5-7-16/h2-12H,13H2,1H3,(H,25,29). The molecule has 7 nitrogen and oxygen atoms in total. The molecule has 0 spiro atoms. The van der Waals surface area contributed by atoms with Gasteiger partial charge in [-0.2, -0.15) is 0 Å². The first-order valence-electron chi connectivity index (χ1n) is 9.07. The molecule has 2 heterocycles. The summed E-state index contributed by atoms with van der Waals surface area (Å²) in [5.74, 6) is 0.644. The molecule has 0 radical (unpaired) electrons. The summed E-state index contributed by atoms with van der Waals surface area (Å²) in [6, 6.07) is 15.5. The predicted octanol–water partition coefficient (Wildman–Crippen LogP) is 4.53. The van der Waals surface area contributed by atoms with E-state index in [0.29, 0.717) is 16.7 Å². The highest BCUT2D eigenvalue weighted by Crippen LogP contribution is 2.27. The SMILES string of the molecule is Cc1ccc(-n2c(SCC(=O)Nc3ccc(Br)cc3)nnc2-c2cnccn2)cc1. The van der Waals surface area contributed by atoms with Gasteiger partial charge < -0.3 is 5.32 Å². The molecular formula is C21H17BrN6OS. The van der Waals surface area contributed by atoms with Gasteiger partial charge >= 0.3 is 0 Å². The summed E-state index contributed by atoms with van der Waals surface area (Å²) >= 11 is 4.70. The fraction of sp³-hybridized carbons (Fsp3) is 0.0952. The van der Waals surface area contributed by atoms with Crippen LogP contribution in [0.25, 0.3) is 17.2 Å². The number of aryl methyl sites for hydroxylation is 1. The number of halogens is 1. The van der Waals surface area contributed by atoms with E-state index in [2.05, 4.69) is 41.4 Å². The number of aromatic nitrogens is 5. The second-order valence-electron chi connectivity index (χ2n) is 6.41. The molecule has 4 rings (SSSR count). The molecule has 4 aromatic rings. The number of thioether (sulfide) groups is 1. The molecule has 0 aliphatic heterocycles. The number of rotatable bonds is 6. The number of carbonyl (C=O) groups is 1. The molecule has 0 unspecified atom stereocenters. The van der Waals surface area contributed by atoms with E-state index in [9.17, 15) is 4.79 Å². The van der Waals surface area contributed by atoms with Gasteiger partial charge in [0.1, 0.15) is 5.69 Å². The summed E-state index contributed by atoms with van der Waals surface area (Å²) < 4.78 is 2.85. The van der Waals surface area contributed by atoms with E-state index in [1.165, 1.54) is 11.8 Å². The van der Waals surface area contributed by atoms with Gasteiger partial charge in [-0.1, -0.05) is 45.4 Å². The van der Waals surface area contributed by atoms with Crippen LogP contribution in [0.3, 0.4) is 0 Å². The Hall–Kier alpha value is -3.04. The van der Waals surface area contributed by atoms with Crippen molar-refractivity contribution in [1.29, 1.82) is 0 Å². The van der Waals surface area contributed by atoms with E-state index in [4.69, 9.17) is 0 Å². The number of hydrogen-bond donors (Lipinski definition) is 1. The number of hydrogen-bond acceptors (Lipinski definition) is 6. The Morgan fingerprint density at radius 3 is 2.53 bits per heavy atom. The molecular weight excluding hydrogens is 464 g/mol. The molecule has 1 N–H and O–H groups in total. The summed E-state index contributed by atoms with van der Waals surface area (Å²) in [6.07, 6.45) is 4.86. The van der Waals surface area contributed by atoms with E-state index >= 15 is 0 Å². The summed E-state index contributed by atoms with van der Waals surface area (Å²) in [5, 5.41) is 12.1. The minimum atomic E-state index is -0.123. The van der Waals surface area contributed by atoms with Crippen molar-refractivity contribution in [1.82, 2.24) is 24.7 Å². The van der Waals surface area contributed by atoms with Crippen LogP contribution in [-0.2, 0) is 4.79 Å². The largest absolute Gasteiger partial charge is 0.325 e. The van der Waals surface area contributed by atoms with Crippen molar-refractivity contribution < 1.29 is 4.79 Å². The van der Waals surface area contributed by atoms with Crippen LogP contribution in [0.1, 0.15) is 5.56 Å². The lowest BCUT2D eigenvalue weighted by Gasteiger charge is -2.10. The predicted molar refractivity (Wildman–Crippen MR) is 121 cm³/mol. The molecule has 9 heteroatoms. The number of carbonyl (C=O) groups excluding carboxylic acids is 1. The quantitative estimate of drug-likeness (QED) is 0.408. The molecule has 150 valence electrons. The smallest absolute Gasteiger partial charge is 0.234 e. The first kappa shape index (κ1) is 20.2. The van der Waals surface area contributed by atoms with Crippen molar-refractivity contribution in [3.8, 4) is 17.2 Å². The van der Waals surface area contributed by atoms with E-state index in [1.807, 2.05) is 60.0 Å². The van der Waals surface area contributed by atoms with Gasteiger partial charge in [-0.15, -0.1) is 10.2 Å². The van der Waals surface area contributed by atoms with Gasteiger partial charge in [-0.05, 0) is 43.3 Å². The first-order chi connectivity index (χ1) is 14.6. The van der Waals surface area contributed by atoms with Gasteiger partial charge in [0.25, 0.3) is 0 Å². The Bertz CT molecular complexity index is 1150. The molecule has 0 aliphatic carbocycles. The number of benzene rings is 2. The van der Waals surface area contributed by atoms with Crippen molar-refractivity contribution in [2.24, 2.45) is 0 Å². The maximum Gasteiger partial charge on any atom is 0.234 e. The minimum absolute atomic E-state index is 0.123. The maximum absolute atomic E-state index is 12.4. The lowest BCUT2D eigenvalue weighted by atomic mass is 10.2. The van der Waals surface area contributed by atoms with E-state index < -0.39 is 0 Å². The highest BCUT2D eigenvalue weighted by Gasteiger charge is 2.18. The van der Waals surface area contributed by atoms with E-state index in [-0.39, 0.29) is 11.7 Å². The van der Waals surface area contributed by atoms with Crippen LogP contribution >= 0.6 is 27.7 Å². The molecule has 0 atom stereocenters. The molecule has 1 amide bonds. The fourth-order valence-corrected chi connectivity index (χ4v) is 3.75. The van der Waals surface area contributed by atoms with Gasteiger partial charge in [-0.25, -0.2) is 4.98 Å². The number of amides is 1. The van der Waals surface area contributed by atoms with Crippen molar-refractivity contribution in [2.75, 3.05) is 11.1 Å². The second-order valence-corrected chi connectivity index (χ2v) is 8.27. The third kappa shape index (κ3) is 4.74. The van der Waals surface area contributed by atoms with Gasteiger partial charge in [0.15, 0.2) is 11.0 Å². The van der Waals surface area contributed by atoms with Crippen LogP contribution in [0.15, 0.2) is 76.8 Å². The van der Waals surface area contributed by atoms with Crippen molar-refractivity contribution >= 4 is 39.3 Å². The summed E-state index contributed by atoms with van der Waals surface area (Å²) in [5.41, 5.74) is 3.39. The van der Waals surface area contributed by atoms with Crippen LogP contribution in [0.4, 0.5) is 5.69 Å². The van der Waals surface area contributed by atoms with Crippen molar-refractivity contribution in [3.63, 3.8) is 0 Å². The third-order valence-electron chi connectivity index (χ3n) is 4.18. The Balaban J connectivity index is 1.58. The normalized spacial score (nSPS) is 10.7. The van der Waals surface area contributed by atoms with Crippen molar-refractivity contribution in [2.45, 2.75) is 12.1 Å². The third-order valence-corrected chi connectivity index (χ3v) is 5.64. The first-order valence-corrected chi connectivity index (χ1v) is 10.8. The van der Waals surface area contributed by atoms with Crippen LogP contribution in [0.2, 0.25) is 0 Å². The van der Waals surface area contributed by atoms with E-state index in [1.54, 1.807) is 18.6 Å². The average molecular weight is 481 g/mol. The van der Waals surface area contributed by atoms with Gasteiger partial charge in [-0.3, -0.25) is 14.3 Å². The fourth-order valence-electron chi connectivity index (χ4n) is 2.73. The Morgan fingerprint density at radius 2 is 1.83 bits per heavy atom. The Kier molecular flexibility index (Phi) is 6.20. The van der Waals surface area contributed by atoms with E-state index in [0.717, 1.165) is 21.4 Å². The maximum atomic E-state index is 12.4. The van der Waals surface area contributed by atoms with Crippen molar-refractivity contribution in [3.05, 3.63) is 77.2 Å². The Labute approximate surface area is 186 Å². The summed E-state index contributed by atoms with van der Waals surface area (Å²) in [4.78, 5) is 20.9. The zero-order valence-electron chi connectivity index (χ0n) is 16.0. The highest BCUT2D eigenvalue weighted by molar-refractivity contribution is 9.10. The van der Waals surface area contributed by atoms with Crippen LogP contribution < -0.4 is 5.32 Å². The molecule has 0 fully saturated rings. The lowest BCUT2D eigenvalue weighted by molar-refractivity contribution is -0.113. The van der Waals surface area contributed by atoms with Gasteiger partial charge in [0, 0.05) is 28.2 Å². The number of anilines is 1. The zero-order valence-corrected chi connectivity index (χ0v) is 18.4. The molecule has 2 aromatic heterocycles. The molecule has 0 bridgehead atoms. The molecule has 0 aliphatic rings. The average Bonchev–Trinajstić information content (AvgIpc) is 3.19. The monoisotopic (exact) mass is 480 g/mol. The highest BCUT2D eigenvalue weighted by atomic mass is 79.9. The van der Waals surface area contributed by atoms with Gasteiger partial charge in [0.2, 0.25) is 5.91 Å². The molecule has 30 heavy (non-hydrogen) atoms. The zero-order chi connectivity index (χ0) is 20.9. The van der Waals surface area contributed by atoms with Crippen LogP contribution in [0.5, 0.6) is 0 Å². The number of nitrogens with zero attached hydrogens (tertiary/aromatic N) is 5. The molecule has 0 saturated carbocycles. The summed E-state index contributed by atoms with van der Waals surface area (Å²) in [7, 11) is 0. The minimum Gasteiger partial charge on any atom is -0.325 e. The topological polar surface area (TPSA) is 85.6 Å². The van der Waals surface area contributed by atoms with Crippen LogP contribution in [-0.4, -0.2) is 36.4 Å². The van der Waals surface area contributed by atoms with Crippen LogP contribution in [0, 0.1) is 6.92 Å². The lowest BCUT2D eigenvalue weighted by Crippen LogP contribution is -2.14.